The van der Waals surface area contributed by atoms with Crippen LogP contribution in [0, 0.1) is 11.8 Å². The molecular weight excluding hydrogens is 443 g/mol. The third-order valence-electron chi connectivity index (χ3n) is 6.82. The summed E-state index contributed by atoms with van der Waals surface area (Å²) in [6.45, 7) is 6.62. The maximum Gasteiger partial charge on any atom is 0.416 e. The summed E-state index contributed by atoms with van der Waals surface area (Å²) in [5.74, 6) is 0.676. The maximum atomic E-state index is 13.4. The number of fused-ring (bicyclic) bond motifs is 3. The van der Waals surface area contributed by atoms with E-state index in [4.69, 9.17) is 4.74 Å². The predicted molar refractivity (Wildman–Crippen MR) is 127 cm³/mol. The van der Waals surface area contributed by atoms with E-state index in [0.29, 0.717) is 37.7 Å². The van der Waals surface area contributed by atoms with Gasteiger partial charge in [-0.1, -0.05) is 26.0 Å². The number of hydrogen-bond acceptors (Lipinski definition) is 4. The van der Waals surface area contributed by atoms with Crippen LogP contribution in [0.1, 0.15) is 31.4 Å². The minimum absolute atomic E-state index is 0.0967. The molecule has 0 aromatic heterocycles. The van der Waals surface area contributed by atoms with Gasteiger partial charge in [-0.2, -0.15) is 13.2 Å². The van der Waals surface area contributed by atoms with E-state index in [-0.39, 0.29) is 18.4 Å². The fourth-order valence-electron chi connectivity index (χ4n) is 5.02. The van der Waals surface area contributed by atoms with Gasteiger partial charge in [0.25, 0.3) is 0 Å². The molecule has 5 nitrogen and oxygen atoms in total. The molecule has 1 amide bonds. The van der Waals surface area contributed by atoms with Crippen molar-refractivity contribution in [1.29, 1.82) is 0 Å². The fourth-order valence-corrected chi connectivity index (χ4v) is 5.02. The molecule has 1 fully saturated rings. The lowest BCUT2D eigenvalue weighted by molar-refractivity contribution is -0.137. The first-order valence-corrected chi connectivity index (χ1v) is 11.8. The lowest BCUT2D eigenvalue weighted by Crippen LogP contribution is -2.61. The summed E-state index contributed by atoms with van der Waals surface area (Å²) >= 11 is 0. The topological polar surface area (TPSA) is 44.8 Å². The van der Waals surface area contributed by atoms with Crippen LogP contribution < -0.4 is 19.9 Å². The van der Waals surface area contributed by atoms with Crippen LogP contribution in [0.5, 0.6) is 5.75 Å². The predicted octanol–water partition coefficient (Wildman–Crippen LogP) is 4.74. The number of amides is 1. The Labute approximate surface area is 198 Å². The van der Waals surface area contributed by atoms with Gasteiger partial charge < -0.3 is 19.9 Å². The summed E-state index contributed by atoms with van der Waals surface area (Å²) in [5.41, 5.74) is 1.67. The van der Waals surface area contributed by atoms with Crippen molar-refractivity contribution in [3.8, 4) is 5.75 Å². The van der Waals surface area contributed by atoms with Crippen molar-refractivity contribution in [2.24, 2.45) is 11.8 Å². The fraction of sp³-hybridized carbons (Fsp3) is 0.500. The Hall–Kier alpha value is -2.90. The summed E-state index contributed by atoms with van der Waals surface area (Å²) in [6, 6.07) is 11.6. The third-order valence-corrected chi connectivity index (χ3v) is 6.82. The number of nitrogens with one attached hydrogen (secondary N) is 1. The van der Waals surface area contributed by atoms with Crippen molar-refractivity contribution in [3.63, 3.8) is 0 Å². The lowest BCUT2D eigenvalue weighted by atomic mass is 9.82. The monoisotopic (exact) mass is 475 g/mol. The van der Waals surface area contributed by atoms with E-state index in [2.05, 4.69) is 29.0 Å². The van der Waals surface area contributed by atoms with Crippen LogP contribution in [0.25, 0.3) is 0 Å². The van der Waals surface area contributed by atoms with Gasteiger partial charge in [0.1, 0.15) is 5.75 Å². The molecule has 1 saturated heterocycles. The Morgan fingerprint density at radius 1 is 1.15 bits per heavy atom. The third kappa shape index (κ3) is 4.95. The zero-order valence-electron chi connectivity index (χ0n) is 19.9. The second kappa shape index (κ2) is 9.76. The van der Waals surface area contributed by atoms with Crippen molar-refractivity contribution in [2.75, 3.05) is 43.1 Å². The number of alkyl halides is 3. The van der Waals surface area contributed by atoms with Crippen molar-refractivity contribution >= 4 is 17.3 Å². The number of benzene rings is 2. The van der Waals surface area contributed by atoms with Crippen LogP contribution in [0.3, 0.4) is 0 Å². The Kier molecular flexibility index (Phi) is 6.96. The molecule has 2 aromatic rings. The molecule has 0 saturated carbocycles. The Balaban J connectivity index is 1.65. The molecule has 0 aliphatic carbocycles. The molecule has 2 heterocycles. The van der Waals surface area contributed by atoms with Gasteiger partial charge in [-0.05, 0) is 54.7 Å². The molecule has 2 aliphatic rings. The summed E-state index contributed by atoms with van der Waals surface area (Å²) in [5, 5.41) is 3.04. The second-order valence-electron chi connectivity index (χ2n) is 9.50. The molecule has 0 radical (unpaired) electrons. The molecule has 34 heavy (non-hydrogen) atoms. The van der Waals surface area contributed by atoms with Crippen molar-refractivity contribution in [3.05, 3.63) is 53.6 Å². The number of hydrogen-bond donors (Lipinski definition) is 1. The Morgan fingerprint density at radius 3 is 2.62 bits per heavy atom. The minimum atomic E-state index is -4.41. The second-order valence-corrected chi connectivity index (χ2v) is 9.50. The maximum absolute atomic E-state index is 13.4. The van der Waals surface area contributed by atoms with E-state index in [1.165, 1.54) is 6.07 Å². The standard InChI is InChI=1S/C26H32F3N3O2/c1-17(2)10-11-30-25(33)20-15-18-14-19(26(27,28)29)8-9-21(18)32-13-12-31(16-23(20)32)22-6-4-5-7-24(22)34-3/h4-9,14,17,20,23H,10-13,15-16H2,1-3H3,(H,30,33). The Bertz CT molecular complexity index is 1020. The molecule has 0 bridgehead atoms. The van der Waals surface area contributed by atoms with Crippen LogP contribution >= 0.6 is 0 Å². The van der Waals surface area contributed by atoms with Crippen LogP contribution in [-0.4, -0.2) is 45.2 Å². The van der Waals surface area contributed by atoms with Gasteiger partial charge in [-0.25, -0.2) is 0 Å². The highest BCUT2D eigenvalue weighted by Gasteiger charge is 2.43. The highest BCUT2D eigenvalue weighted by atomic mass is 19.4. The number of methoxy groups -OCH3 is 1. The molecule has 2 unspecified atom stereocenters. The molecule has 2 atom stereocenters. The minimum Gasteiger partial charge on any atom is -0.495 e. The van der Waals surface area contributed by atoms with E-state index in [0.717, 1.165) is 29.6 Å². The molecular formula is C26H32F3N3O2. The number of piperazine rings is 1. The molecule has 2 aliphatic heterocycles. The van der Waals surface area contributed by atoms with Crippen molar-refractivity contribution < 1.29 is 22.7 Å². The van der Waals surface area contributed by atoms with E-state index in [9.17, 15) is 18.0 Å². The summed E-state index contributed by atoms with van der Waals surface area (Å²) in [4.78, 5) is 17.6. The number of rotatable bonds is 6. The molecule has 1 N–H and O–H groups in total. The van der Waals surface area contributed by atoms with Gasteiger partial charge in [0.05, 0.1) is 30.3 Å². The SMILES string of the molecule is COc1ccccc1N1CCN2c3ccc(C(F)(F)F)cc3CC(C(=O)NCCC(C)C)C2C1. The first-order chi connectivity index (χ1) is 16.2. The average molecular weight is 476 g/mol. The number of halogens is 3. The smallest absolute Gasteiger partial charge is 0.416 e. The molecule has 0 spiro atoms. The van der Waals surface area contributed by atoms with Gasteiger partial charge in [0, 0.05) is 31.9 Å². The van der Waals surface area contributed by atoms with Gasteiger partial charge in [0.15, 0.2) is 0 Å². The van der Waals surface area contributed by atoms with E-state index in [1.54, 1.807) is 13.2 Å². The zero-order valence-corrected chi connectivity index (χ0v) is 19.9. The van der Waals surface area contributed by atoms with Gasteiger partial charge in [-0.15, -0.1) is 0 Å². The first-order valence-electron chi connectivity index (χ1n) is 11.8. The van der Waals surface area contributed by atoms with Gasteiger partial charge in [0.2, 0.25) is 5.91 Å². The van der Waals surface area contributed by atoms with E-state index >= 15 is 0 Å². The normalized spacial score (nSPS) is 20.1. The van der Waals surface area contributed by atoms with Crippen molar-refractivity contribution in [1.82, 2.24) is 5.32 Å². The quantitative estimate of drug-likeness (QED) is 0.655. The van der Waals surface area contributed by atoms with Crippen LogP contribution in [0.4, 0.5) is 24.5 Å². The van der Waals surface area contributed by atoms with Crippen LogP contribution in [0.2, 0.25) is 0 Å². The van der Waals surface area contributed by atoms with Crippen LogP contribution in [-0.2, 0) is 17.4 Å². The highest BCUT2D eigenvalue weighted by Crippen LogP contribution is 2.41. The van der Waals surface area contributed by atoms with Gasteiger partial charge in [-0.3, -0.25) is 4.79 Å². The molecule has 8 heteroatoms. The number of carbonyl (C=O) groups excluding carboxylic acids is 1. The summed E-state index contributed by atoms with van der Waals surface area (Å²) in [6.07, 6.45) is -3.27. The highest BCUT2D eigenvalue weighted by molar-refractivity contribution is 5.82. The molecule has 4 rings (SSSR count). The number of para-hydroxylation sites is 2. The van der Waals surface area contributed by atoms with Crippen molar-refractivity contribution in [2.45, 2.75) is 38.9 Å². The largest absolute Gasteiger partial charge is 0.495 e. The van der Waals surface area contributed by atoms with E-state index in [1.807, 2.05) is 24.3 Å². The first kappa shape index (κ1) is 24.2. The number of ether oxygens (including phenoxy) is 1. The summed E-state index contributed by atoms with van der Waals surface area (Å²) in [7, 11) is 1.63. The molecule has 184 valence electrons. The van der Waals surface area contributed by atoms with Gasteiger partial charge >= 0.3 is 6.18 Å². The zero-order chi connectivity index (χ0) is 24.5. The summed E-state index contributed by atoms with van der Waals surface area (Å²) < 4.78 is 45.7. The van der Waals surface area contributed by atoms with E-state index < -0.39 is 17.7 Å². The number of anilines is 2. The average Bonchev–Trinajstić information content (AvgIpc) is 2.81. The number of carbonyl (C=O) groups is 1. The Morgan fingerprint density at radius 2 is 1.91 bits per heavy atom. The number of nitrogens with zero attached hydrogens (tertiary/aromatic N) is 2. The lowest BCUT2D eigenvalue weighted by Gasteiger charge is -2.49. The molecule has 2 aromatic carbocycles. The van der Waals surface area contributed by atoms with Crippen LogP contribution in [0.15, 0.2) is 42.5 Å².